The summed E-state index contributed by atoms with van der Waals surface area (Å²) in [5.74, 6) is 0. The van der Waals surface area contributed by atoms with Crippen LogP contribution in [-0.4, -0.2) is 26.3 Å². The Kier molecular flexibility index (Phi) is 4.24. The molecule has 0 aliphatic heterocycles. The Balaban J connectivity index is 2.33. The summed E-state index contributed by atoms with van der Waals surface area (Å²) in [5, 5.41) is 13.0. The number of nitrogens with one attached hydrogen (secondary N) is 1. The van der Waals surface area contributed by atoms with Gasteiger partial charge in [0.25, 0.3) is 5.56 Å². The number of nitrogens with zero attached hydrogens (tertiary/aromatic N) is 2. The first kappa shape index (κ1) is 15.8. The van der Waals surface area contributed by atoms with Gasteiger partial charge in [0.1, 0.15) is 0 Å². The number of aliphatic hydroxyl groups is 1. The van der Waals surface area contributed by atoms with E-state index in [1.165, 1.54) is 4.52 Å². The van der Waals surface area contributed by atoms with Crippen molar-refractivity contribution in [1.29, 1.82) is 0 Å². The molecule has 0 atom stereocenters. The predicted octanol–water partition coefficient (Wildman–Crippen LogP) is 2.75. The summed E-state index contributed by atoms with van der Waals surface area (Å²) in [6, 6.07) is 7.50. The molecular formula is C17H18ClN3O2. The van der Waals surface area contributed by atoms with Crippen molar-refractivity contribution < 1.29 is 5.11 Å². The maximum absolute atomic E-state index is 12.7. The molecule has 0 unspecified atom stereocenters. The van der Waals surface area contributed by atoms with Crippen molar-refractivity contribution in [1.82, 2.24) is 14.6 Å². The van der Waals surface area contributed by atoms with Crippen molar-refractivity contribution in [2.24, 2.45) is 0 Å². The minimum absolute atomic E-state index is 0.0742. The second-order valence-electron chi connectivity index (χ2n) is 5.44. The van der Waals surface area contributed by atoms with Crippen LogP contribution in [0.25, 0.3) is 16.8 Å². The topological polar surface area (TPSA) is 70.4 Å². The van der Waals surface area contributed by atoms with E-state index < -0.39 is 0 Å². The van der Waals surface area contributed by atoms with Gasteiger partial charge in [-0.3, -0.25) is 9.89 Å². The zero-order valence-electron chi connectivity index (χ0n) is 13.1. The number of halogens is 1. The van der Waals surface area contributed by atoms with Crippen molar-refractivity contribution in [3.8, 4) is 11.1 Å². The fourth-order valence-corrected chi connectivity index (χ4v) is 2.96. The van der Waals surface area contributed by atoms with Crippen LogP contribution in [0.15, 0.2) is 29.1 Å². The van der Waals surface area contributed by atoms with Crippen molar-refractivity contribution in [3.63, 3.8) is 0 Å². The number of aryl methyl sites for hydroxylation is 2. The number of aromatic amines is 1. The Morgan fingerprint density at radius 3 is 2.61 bits per heavy atom. The first-order chi connectivity index (χ1) is 11.1. The normalized spacial score (nSPS) is 11.3. The Morgan fingerprint density at radius 2 is 2.00 bits per heavy atom. The van der Waals surface area contributed by atoms with Gasteiger partial charge in [0.2, 0.25) is 0 Å². The van der Waals surface area contributed by atoms with Gasteiger partial charge in [-0.25, -0.2) is 9.50 Å². The van der Waals surface area contributed by atoms with E-state index in [9.17, 15) is 4.79 Å². The molecule has 2 N–H and O–H groups in total. The molecule has 2 aromatic heterocycles. The lowest BCUT2D eigenvalue weighted by Crippen LogP contribution is -2.22. The molecule has 6 heteroatoms. The molecule has 0 spiro atoms. The van der Waals surface area contributed by atoms with Crippen molar-refractivity contribution in [2.45, 2.75) is 26.7 Å². The summed E-state index contributed by atoms with van der Waals surface area (Å²) < 4.78 is 1.47. The number of rotatable bonds is 4. The minimum atomic E-state index is -0.156. The average molecular weight is 332 g/mol. The van der Waals surface area contributed by atoms with Gasteiger partial charge in [0.05, 0.1) is 0 Å². The lowest BCUT2D eigenvalue weighted by molar-refractivity contribution is 0.298. The third-order valence-corrected chi connectivity index (χ3v) is 4.26. The van der Waals surface area contributed by atoms with Gasteiger partial charge in [-0.05, 0) is 31.0 Å². The highest BCUT2D eigenvalue weighted by Crippen LogP contribution is 2.28. The standard InChI is InChI=1S/C17H18ClN3O2/c1-3-14-15(11-4-6-12(18)7-5-11)16-19-10(2)13(8-9-22)17(23)21(16)20-14/h4-7,20,22H,3,8-9H2,1-2H3. The third-order valence-electron chi connectivity index (χ3n) is 4.00. The summed E-state index contributed by atoms with van der Waals surface area (Å²) in [7, 11) is 0. The Hall–Kier alpha value is -2.11. The molecule has 0 fully saturated rings. The zero-order chi connectivity index (χ0) is 16.6. The van der Waals surface area contributed by atoms with Gasteiger partial charge in [-0.15, -0.1) is 0 Å². The molecule has 0 aliphatic carbocycles. The molecule has 23 heavy (non-hydrogen) atoms. The fraction of sp³-hybridized carbons (Fsp3) is 0.294. The number of aromatic nitrogens is 3. The largest absolute Gasteiger partial charge is 0.396 e. The highest BCUT2D eigenvalue weighted by Gasteiger charge is 2.18. The van der Waals surface area contributed by atoms with Crippen molar-refractivity contribution >= 4 is 17.2 Å². The lowest BCUT2D eigenvalue weighted by atomic mass is 10.0. The molecule has 0 bridgehead atoms. The molecule has 0 saturated carbocycles. The van der Waals surface area contributed by atoms with Gasteiger partial charge in [0.15, 0.2) is 5.65 Å². The van der Waals surface area contributed by atoms with Crippen LogP contribution in [0.5, 0.6) is 0 Å². The molecular weight excluding hydrogens is 314 g/mol. The summed E-state index contributed by atoms with van der Waals surface area (Å²) in [6.07, 6.45) is 1.05. The summed E-state index contributed by atoms with van der Waals surface area (Å²) in [5.41, 5.74) is 4.46. The number of H-pyrrole nitrogens is 1. The summed E-state index contributed by atoms with van der Waals surface area (Å²) in [4.78, 5) is 17.3. The SMILES string of the molecule is CCc1[nH]n2c(=O)c(CCO)c(C)nc2c1-c1ccc(Cl)cc1. The van der Waals surface area contributed by atoms with Crippen LogP contribution < -0.4 is 5.56 Å². The van der Waals surface area contributed by atoms with Crippen LogP contribution in [0.1, 0.15) is 23.9 Å². The quantitative estimate of drug-likeness (QED) is 0.772. The Bertz CT molecular complexity index is 910. The molecule has 0 radical (unpaired) electrons. The van der Waals surface area contributed by atoms with Crippen LogP contribution in [0.2, 0.25) is 5.02 Å². The number of fused-ring (bicyclic) bond motifs is 1. The molecule has 3 aromatic rings. The van der Waals surface area contributed by atoms with Gasteiger partial charge < -0.3 is 5.11 Å². The van der Waals surface area contributed by atoms with Gasteiger partial charge in [0, 0.05) is 40.6 Å². The van der Waals surface area contributed by atoms with E-state index in [2.05, 4.69) is 10.1 Å². The first-order valence-electron chi connectivity index (χ1n) is 7.56. The van der Waals surface area contributed by atoms with Crippen LogP contribution in [0.4, 0.5) is 0 Å². The van der Waals surface area contributed by atoms with Crippen LogP contribution in [-0.2, 0) is 12.8 Å². The predicted molar refractivity (Wildman–Crippen MR) is 91.2 cm³/mol. The molecule has 3 rings (SSSR count). The lowest BCUT2D eigenvalue weighted by Gasteiger charge is -2.05. The molecule has 120 valence electrons. The Morgan fingerprint density at radius 1 is 1.30 bits per heavy atom. The van der Waals surface area contributed by atoms with E-state index in [0.717, 1.165) is 23.2 Å². The second kappa shape index (κ2) is 6.18. The number of hydrogen-bond donors (Lipinski definition) is 2. The Labute approximate surface area is 138 Å². The summed E-state index contributed by atoms with van der Waals surface area (Å²) >= 11 is 5.97. The van der Waals surface area contributed by atoms with Crippen LogP contribution in [0, 0.1) is 6.92 Å². The third kappa shape index (κ3) is 2.66. The first-order valence-corrected chi connectivity index (χ1v) is 7.94. The van der Waals surface area contributed by atoms with E-state index in [-0.39, 0.29) is 12.2 Å². The van der Waals surface area contributed by atoms with E-state index in [4.69, 9.17) is 16.7 Å². The highest BCUT2D eigenvalue weighted by molar-refractivity contribution is 6.30. The molecule has 0 saturated heterocycles. The van der Waals surface area contributed by atoms with E-state index >= 15 is 0 Å². The fourth-order valence-electron chi connectivity index (χ4n) is 2.83. The van der Waals surface area contributed by atoms with E-state index in [0.29, 0.717) is 28.3 Å². The maximum atomic E-state index is 12.7. The highest BCUT2D eigenvalue weighted by atomic mass is 35.5. The molecule has 2 heterocycles. The van der Waals surface area contributed by atoms with Gasteiger partial charge in [-0.2, -0.15) is 0 Å². The van der Waals surface area contributed by atoms with Gasteiger partial charge in [-0.1, -0.05) is 30.7 Å². The molecule has 1 aromatic carbocycles. The van der Waals surface area contributed by atoms with Crippen LogP contribution in [0.3, 0.4) is 0 Å². The average Bonchev–Trinajstić information content (AvgIpc) is 2.91. The van der Waals surface area contributed by atoms with E-state index in [1.54, 1.807) is 6.92 Å². The van der Waals surface area contributed by atoms with Crippen molar-refractivity contribution in [3.05, 3.63) is 56.6 Å². The minimum Gasteiger partial charge on any atom is -0.396 e. The van der Waals surface area contributed by atoms with E-state index in [1.807, 2.05) is 31.2 Å². The smallest absolute Gasteiger partial charge is 0.276 e. The number of aliphatic hydroxyl groups excluding tert-OH is 1. The van der Waals surface area contributed by atoms with Gasteiger partial charge >= 0.3 is 0 Å². The van der Waals surface area contributed by atoms with Crippen molar-refractivity contribution in [2.75, 3.05) is 6.61 Å². The molecule has 0 aliphatic rings. The monoisotopic (exact) mass is 331 g/mol. The number of benzene rings is 1. The molecule has 0 amide bonds. The van der Waals surface area contributed by atoms with Crippen LogP contribution >= 0.6 is 11.6 Å². The zero-order valence-corrected chi connectivity index (χ0v) is 13.8. The molecule has 5 nitrogen and oxygen atoms in total. The maximum Gasteiger partial charge on any atom is 0.276 e. The summed E-state index contributed by atoms with van der Waals surface area (Å²) in [6.45, 7) is 3.75. The second-order valence-corrected chi connectivity index (χ2v) is 5.88. The number of hydrogen-bond acceptors (Lipinski definition) is 3.